The van der Waals surface area contributed by atoms with Crippen molar-refractivity contribution in [2.24, 2.45) is 4.99 Å². The van der Waals surface area contributed by atoms with Gasteiger partial charge in [0.25, 0.3) is 5.91 Å². The Labute approximate surface area is 148 Å². The Morgan fingerprint density at radius 1 is 1.19 bits per heavy atom. The van der Waals surface area contributed by atoms with E-state index in [0.717, 1.165) is 48.7 Å². The molecule has 0 aliphatic carbocycles. The van der Waals surface area contributed by atoms with Crippen LogP contribution < -0.4 is 5.32 Å². The average molecular weight is 348 g/mol. The standard InChI is InChI=1S/C18H16N6O2/c25-18-14-2-1-11(7-12(14)8-20-18)15-9-19-16(17-21-10-22-24(15)17)23-13-3-5-26-6-4-13/h1-2,7-10,13H,3-6H2,(H,19,23). The number of benzene rings is 1. The van der Waals surface area contributed by atoms with Crippen molar-refractivity contribution in [3.8, 4) is 11.3 Å². The van der Waals surface area contributed by atoms with Crippen LogP contribution in [0.5, 0.6) is 0 Å². The summed E-state index contributed by atoms with van der Waals surface area (Å²) >= 11 is 0. The molecule has 1 amide bonds. The number of aromatic nitrogens is 4. The Morgan fingerprint density at radius 2 is 2.08 bits per heavy atom. The Balaban J connectivity index is 1.54. The summed E-state index contributed by atoms with van der Waals surface area (Å²) in [4.78, 5) is 24.5. The molecule has 26 heavy (non-hydrogen) atoms. The predicted molar refractivity (Wildman–Crippen MR) is 95.6 cm³/mol. The van der Waals surface area contributed by atoms with Crippen LogP contribution in [-0.4, -0.2) is 51.0 Å². The molecule has 0 atom stereocenters. The summed E-state index contributed by atoms with van der Waals surface area (Å²) in [6, 6.07) is 5.92. The monoisotopic (exact) mass is 348 g/mol. The molecule has 2 aliphatic heterocycles. The van der Waals surface area contributed by atoms with E-state index in [9.17, 15) is 4.79 Å². The molecule has 3 aromatic rings. The second kappa shape index (κ2) is 5.99. The van der Waals surface area contributed by atoms with E-state index in [1.165, 1.54) is 6.33 Å². The maximum atomic E-state index is 11.7. The highest BCUT2D eigenvalue weighted by Gasteiger charge is 2.19. The molecule has 1 aromatic carbocycles. The lowest BCUT2D eigenvalue weighted by atomic mass is 10.0. The van der Waals surface area contributed by atoms with Gasteiger partial charge < -0.3 is 10.1 Å². The van der Waals surface area contributed by atoms with Crippen LogP contribution in [0.1, 0.15) is 28.8 Å². The Bertz CT molecular complexity index is 1040. The number of nitrogens with one attached hydrogen (secondary N) is 1. The molecule has 4 heterocycles. The minimum Gasteiger partial charge on any atom is -0.381 e. The number of carbonyl (C=O) groups excluding carboxylic acids is 1. The van der Waals surface area contributed by atoms with Gasteiger partial charge in [-0.05, 0) is 25.0 Å². The van der Waals surface area contributed by atoms with Gasteiger partial charge in [0.1, 0.15) is 6.33 Å². The van der Waals surface area contributed by atoms with Crippen LogP contribution in [0.15, 0.2) is 35.7 Å². The molecular formula is C18H16N6O2. The van der Waals surface area contributed by atoms with Gasteiger partial charge in [0.05, 0.1) is 17.5 Å². The van der Waals surface area contributed by atoms with Crippen LogP contribution in [-0.2, 0) is 4.74 Å². The number of nitrogens with zero attached hydrogens (tertiary/aromatic N) is 5. The summed E-state index contributed by atoms with van der Waals surface area (Å²) in [5.74, 6) is 0.516. The summed E-state index contributed by atoms with van der Waals surface area (Å²) < 4.78 is 7.17. The third kappa shape index (κ3) is 2.46. The van der Waals surface area contributed by atoms with Gasteiger partial charge in [-0.15, -0.1) is 0 Å². The lowest BCUT2D eigenvalue weighted by Crippen LogP contribution is -2.28. The summed E-state index contributed by atoms with van der Waals surface area (Å²) in [6.45, 7) is 1.52. The second-order valence-corrected chi connectivity index (χ2v) is 6.38. The van der Waals surface area contributed by atoms with Crippen LogP contribution in [0.3, 0.4) is 0 Å². The van der Waals surface area contributed by atoms with E-state index in [1.54, 1.807) is 23.0 Å². The first kappa shape index (κ1) is 15.2. The van der Waals surface area contributed by atoms with E-state index in [0.29, 0.717) is 17.3 Å². The van der Waals surface area contributed by atoms with E-state index < -0.39 is 0 Å². The van der Waals surface area contributed by atoms with E-state index in [2.05, 4.69) is 25.4 Å². The van der Waals surface area contributed by atoms with Crippen molar-refractivity contribution in [1.29, 1.82) is 0 Å². The molecule has 1 N–H and O–H groups in total. The SMILES string of the molecule is O=C1N=Cc2cc(-c3cnc(NC4CCOCC4)c4ncnn34)ccc21. The Hall–Kier alpha value is -3.13. The number of anilines is 1. The van der Waals surface area contributed by atoms with Gasteiger partial charge in [0, 0.05) is 36.6 Å². The minimum absolute atomic E-state index is 0.202. The maximum absolute atomic E-state index is 11.7. The number of rotatable bonds is 3. The molecule has 2 aliphatic rings. The first-order valence-corrected chi connectivity index (χ1v) is 8.55. The lowest BCUT2D eigenvalue weighted by Gasteiger charge is -2.23. The minimum atomic E-state index is -0.202. The smallest absolute Gasteiger partial charge is 0.277 e. The molecule has 0 spiro atoms. The second-order valence-electron chi connectivity index (χ2n) is 6.38. The number of carbonyl (C=O) groups is 1. The zero-order valence-electron chi connectivity index (χ0n) is 13.9. The van der Waals surface area contributed by atoms with Crippen molar-refractivity contribution in [3.05, 3.63) is 41.9 Å². The fourth-order valence-corrected chi connectivity index (χ4v) is 3.37. The van der Waals surface area contributed by atoms with Crippen molar-refractivity contribution in [3.63, 3.8) is 0 Å². The van der Waals surface area contributed by atoms with Crippen molar-refractivity contribution in [2.75, 3.05) is 18.5 Å². The van der Waals surface area contributed by atoms with E-state index in [-0.39, 0.29) is 5.91 Å². The number of amides is 1. The van der Waals surface area contributed by atoms with Crippen molar-refractivity contribution >= 4 is 23.6 Å². The molecule has 8 heteroatoms. The van der Waals surface area contributed by atoms with Crippen LogP contribution >= 0.6 is 0 Å². The molecule has 1 saturated heterocycles. The quantitative estimate of drug-likeness (QED) is 0.777. The molecule has 1 fully saturated rings. The fourth-order valence-electron chi connectivity index (χ4n) is 3.37. The number of ether oxygens (including phenoxy) is 1. The maximum Gasteiger partial charge on any atom is 0.277 e. The van der Waals surface area contributed by atoms with Crippen molar-refractivity contribution < 1.29 is 9.53 Å². The molecule has 130 valence electrons. The van der Waals surface area contributed by atoms with Crippen LogP contribution in [0.2, 0.25) is 0 Å². The van der Waals surface area contributed by atoms with Crippen LogP contribution in [0.25, 0.3) is 16.9 Å². The Morgan fingerprint density at radius 3 is 2.96 bits per heavy atom. The molecule has 0 unspecified atom stereocenters. The summed E-state index contributed by atoms with van der Waals surface area (Å²) in [6.07, 6.45) is 6.78. The third-order valence-corrected chi connectivity index (χ3v) is 4.76. The van der Waals surface area contributed by atoms with Gasteiger partial charge in [-0.25, -0.2) is 19.5 Å². The van der Waals surface area contributed by atoms with Crippen LogP contribution in [0.4, 0.5) is 5.82 Å². The van der Waals surface area contributed by atoms with Gasteiger partial charge in [-0.3, -0.25) is 4.79 Å². The molecule has 2 aromatic heterocycles. The first-order valence-electron chi connectivity index (χ1n) is 8.55. The van der Waals surface area contributed by atoms with E-state index >= 15 is 0 Å². The van der Waals surface area contributed by atoms with Gasteiger partial charge in [-0.2, -0.15) is 5.10 Å². The highest BCUT2D eigenvalue weighted by molar-refractivity contribution is 6.13. The number of aliphatic imine (C=N–C) groups is 1. The number of fused-ring (bicyclic) bond motifs is 2. The first-order chi connectivity index (χ1) is 12.8. The van der Waals surface area contributed by atoms with Crippen molar-refractivity contribution in [1.82, 2.24) is 19.6 Å². The topological polar surface area (TPSA) is 93.8 Å². The highest BCUT2D eigenvalue weighted by Crippen LogP contribution is 2.26. The highest BCUT2D eigenvalue weighted by atomic mass is 16.5. The molecule has 5 rings (SSSR count). The number of hydrogen-bond acceptors (Lipinski definition) is 6. The van der Waals surface area contributed by atoms with Gasteiger partial charge >= 0.3 is 0 Å². The molecule has 0 radical (unpaired) electrons. The van der Waals surface area contributed by atoms with Crippen LogP contribution in [0, 0.1) is 0 Å². The van der Waals surface area contributed by atoms with E-state index in [1.807, 2.05) is 12.1 Å². The largest absolute Gasteiger partial charge is 0.381 e. The Kier molecular flexibility index (Phi) is 3.49. The van der Waals surface area contributed by atoms with Crippen molar-refractivity contribution in [2.45, 2.75) is 18.9 Å². The lowest BCUT2D eigenvalue weighted by molar-refractivity contribution is 0.0904. The summed E-state index contributed by atoms with van der Waals surface area (Å²) in [5, 5.41) is 7.81. The molecule has 0 saturated carbocycles. The van der Waals surface area contributed by atoms with Gasteiger partial charge in [0.2, 0.25) is 0 Å². The van der Waals surface area contributed by atoms with Gasteiger partial charge in [0.15, 0.2) is 11.5 Å². The predicted octanol–water partition coefficient (Wildman–Crippen LogP) is 1.95. The molecular weight excluding hydrogens is 332 g/mol. The zero-order valence-corrected chi connectivity index (χ0v) is 13.9. The fraction of sp³-hybridized carbons (Fsp3) is 0.278. The average Bonchev–Trinajstić information content (AvgIpc) is 3.30. The molecule has 0 bridgehead atoms. The normalized spacial score (nSPS) is 17.0. The molecule has 8 nitrogen and oxygen atoms in total. The zero-order chi connectivity index (χ0) is 17.5. The third-order valence-electron chi connectivity index (χ3n) is 4.76. The summed E-state index contributed by atoms with van der Waals surface area (Å²) in [7, 11) is 0. The number of hydrogen-bond donors (Lipinski definition) is 1. The van der Waals surface area contributed by atoms with E-state index in [4.69, 9.17) is 4.74 Å². The summed E-state index contributed by atoms with van der Waals surface area (Å²) in [5.41, 5.74) is 3.83. The van der Waals surface area contributed by atoms with Gasteiger partial charge in [-0.1, -0.05) is 6.07 Å².